The molecular formula is C12H17FN2O. The largest absolute Gasteiger partial charge is 0.378 e. The molecule has 1 aromatic rings. The molecule has 0 aliphatic carbocycles. The van der Waals surface area contributed by atoms with Crippen LogP contribution in [0.5, 0.6) is 0 Å². The van der Waals surface area contributed by atoms with Crippen molar-refractivity contribution in [2.24, 2.45) is 0 Å². The van der Waals surface area contributed by atoms with Crippen LogP contribution in [0.25, 0.3) is 0 Å². The highest BCUT2D eigenvalue weighted by atomic mass is 19.1. The van der Waals surface area contributed by atoms with Crippen LogP contribution in [0.4, 0.5) is 4.39 Å². The fourth-order valence-corrected chi connectivity index (χ4v) is 2.07. The molecule has 2 N–H and O–H groups in total. The van der Waals surface area contributed by atoms with Crippen molar-refractivity contribution in [2.45, 2.75) is 12.1 Å². The zero-order valence-corrected chi connectivity index (χ0v) is 9.37. The molecule has 4 heteroatoms. The van der Waals surface area contributed by atoms with E-state index in [0.717, 1.165) is 18.7 Å². The van der Waals surface area contributed by atoms with Gasteiger partial charge in [0.25, 0.3) is 0 Å². The number of morpholine rings is 1. The number of rotatable bonds is 3. The van der Waals surface area contributed by atoms with Crippen molar-refractivity contribution in [2.75, 3.05) is 26.8 Å². The van der Waals surface area contributed by atoms with E-state index in [1.54, 1.807) is 0 Å². The van der Waals surface area contributed by atoms with Crippen LogP contribution in [-0.2, 0) is 4.74 Å². The molecule has 1 aliphatic heterocycles. The first-order valence-electron chi connectivity index (χ1n) is 5.55. The minimum Gasteiger partial charge on any atom is -0.378 e. The van der Waals surface area contributed by atoms with Crippen LogP contribution >= 0.6 is 0 Å². The molecule has 0 radical (unpaired) electrons. The van der Waals surface area contributed by atoms with Gasteiger partial charge in [0.2, 0.25) is 0 Å². The highest BCUT2D eigenvalue weighted by Gasteiger charge is 2.23. The van der Waals surface area contributed by atoms with Gasteiger partial charge in [-0.05, 0) is 24.7 Å². The Labute approximate surface area is 95.0 Å². The minimum absolute atomic E-state index is 0.154. The summed E-state index contributed by atoms with van der Waals surface area (Å²) in [4.78, 5) is 0. The standard InChI is InChI=1S/C12H17FN2O/c1-14-12(11-8-16-7-6-15-11)9-2-4-10(13)5-3-9/h2-5,11-12,14-15H,6-8H2,1H3. The van der Waals surface area contributed by atoms with E-state index in [1.807, 2.05) is 19.2 Å². The maximum absolute atomic E-state index is 12.8. The lowest BCUT2D eigenvalue weighted by atomic mass is 9.99. The molecule has 1 heterocycles. The van der Waals surface area contributed by atoms with Crippen LogP contribution in [0, 0.1) is 5.82 Å². The van der Waals surface area contributed by atoms with Crippen molar-refractivity contribution in [3.8, 4) is 0 Å². The first-order valence-corrected chi connectivity index (χ1v) is 5.55. The molecule has 16 heavy (non-hydrogen) atoms. The molecule has 2 unspecified atom stereocenters. The summed E-state index contributed by atoms with van der Waals surface area (Å²) >= 11 is 0. The zero-order chi connectivity index (χ0) is 11.4. The van der Waals surface area contributed by atoms with E-state index in [-0.39, 0.29) is 17.9 Å². The van der Waals surface area contributed by atoms with Crippen LogP contribution in [0.2, 0.25) is 0 Å². The smallest absolute Gasteiger partial charge is 0.123 e. The van der Waals surface area contributed by atoms with Crippen molar-refractivity contribution in [3.05, 3.63) is 35.6 Å². The molecule has 1 saturated heterocycles. The molecule has 1 fully saturated rings. The summed E-state index contributed by atoms with van der Waals surface area (Å²) in [5.74, 6) is -0.202. The van der Waals surface area contributed by atoms with Gasteiger partial charge in [0.05, 0.1) is 19.3 Å². The number of nitrogens with one attached hydrogen (secondary N) is 2. The summed E-state index contributed by atoms with van der Waals surface area (Å²) in [5, 5.41) is 6.64. The fourth-order valence-electron chi connectivity index (χ4n) is 2.07. The Bertz CT molecular complexity index is 322. The Morgan fingerprint density at radius 2 is 2.19 bits per heavy atom. The van der Waals surface area contributed by atoms with E-state index in [0.29, 0.717) is 6.61 Å². The molecule has 3 nitrogen and oxygen atoms in total. The molecule has 0 spiro atoms. The van der Waals surface area contributed by atoms with Gasteiger partial charge in [-0.3, -0.25) is 0 Å². The molecule has 2 rings (SSSR count). The van der Waals surface area contributed by atoms with Gasteiger partial charge < -0.3 is 15.4 Å². The number of benzene rings is 1. The molecule has 0 saturated carbocycles. The maximum atomic E-state index is 12.8. The third kappa shape index (κ3) is 2.58. The van der Waals surface area contributed by atoms with Gasteiger partial charge in [0.15, 0.2) is 0 Å². The Balaban J connectivity index is 2.11. The number of likely N-dealkylation sites (N-methyl/N-ethyl adjacent to an activating group) is 1. The van der Waals surface area contributed by atoms with Crippen molar-refractivity contribution in [1.29, 1.82) is 0 Å². The van der Waals surface area contributed by atoms with Crippen LogP contribution in [-0.4, -0.2) is 32.8 Å². The lowest BCUT2D eigenvalue weighted by Gasteiger charge is -2.31. The van der Waals surface area contributed by atoms with E-state index in [2.05, 4.69) is 10.6 Å². The lowest BCUT2D eigenvalue weighted by Crippen LogP contribution is -2.48. The predicted molar refractivity (Wildman–Crippen MR) is 60.8 cm³/mol. The molecule has 2 atom stereocenters. The SMILES string of the molecule is CNC(c1ccc(F)cc1)C1COCCN1. The van der Waals surface area contributed by atoms with Gasteiger partial charge in [-0.25, -0.2) is 4.39 Å². The maximum Gasteiger partial charge on any atom is 0.123 e. The fraction of sp³-hybridized carbons (Fsp3) is 0.500. The van der Waals surface area contributed by atoms with E-state index in [4.69, 9.17) is 4.74 Å². The topological polar surface area (TPSA) is 33.3 Å². The van der Waals surface area contributed by atoms with Crippen LogP contribution < -0.4 is 10.6 Å². The second-order valence-electron chi connectivity index (χ2n) is 3.95. The summed E-state index contributed by atoms with van der Waals surface area (Å²) in [5.41, 5.74) is 1.08. The van der Waals surface area contributed by atoms with Gasteiger partial charge in [-0.2, -0.15) is 0 Å². The van der Waals surface area contributed by atoms with E-state index >= 15 is 0 Å². The average molecular weight is 224 g/mol. The molecule has 0 aromatic heterocycles. The van der Waals surface area contributed by atoms with Crippen LogP contribution in [0.1, 0.15) is 11.6 Å². The molecule has 88 valence electrons. The second kappa shape index (κ2) is 5.39. The normalized spacial score (nSPS) is 23.0. The van der Waals surface area contributed by atoms with Crippen LogP contribution in [0.15, 0.2) is 24.3 Å². The van der Waals surface area contributed by atoms with Crippen molar-refractivity contribution in [1.82, 2.24) is 10.6 Å². The molecular weight excluding hydrogens is 207 g/mol. The molecule has 1 aliphatic rings. The quantitative estimate of drug-likeness (QED) is 0.806. The van der Waals surface area contributed by atoms with E-state index in [1.165, 1.54) is 12.1 Å². The number of hydrogen-bond donors (Lipinski definition) is 2. The number of halogens is 1. The Hall–Kier alpha value is -0.970. The molecule has 1 aromatic carbocycles. The third-order valence-electron chi connectivity index (χ3n) is 2.89. The summed E-state index contributed by atoms with van der Waals surface area (Å²) < 4.78 is 18.3. The number of ether oxygens (including phenoxy) is 1. The Morgan fingerprint density at radius 1 is 1.44 bits per heavy atom. The highest BCUT2D eigenvalue weighted by Crippen LogP contribution is 2.18. The highest BCUT2D eigenvalue weighted by molar-refractivity contribution is 5.21. The summed E-state index contributed by atoms with van der Waals surface area (Å²) in [6, 6.07) is 7.00. The van der Waals surface area contributed by atoms with Crippen molar-refractivity contribution >= 4 is 0 Å². The Morgan fingerprint density at radius 3 is 2.75 bits per heavy atom. The first-order chi connectivity index (χ1) is 7.81. The number of hydrogen-bond acceptors (Lipinski definition) is 3. The van der Waals surface area contributed by atoms with E-state index in [9.17, 15) is 4.39 Å². The van der Waals surface area contributed by atoms with Gasteiger partial charge in [0.1, 0.15) is 5.82 Å². The third-order valence-corrected chi connectivity index (χ3v) is 2.89. The second-order valence-corrected chi connectivity index (χ2v) is 3.95. The van der Waals surface area contributed by atoms with Gasteiger partial charge in [-0.15, -0.1) is 0 Å². The monoisotopic (exact) mass is 224 g/mol. The van der Waals surface area contributed by atoms with Gasteiger partial charge in [0, 0.05) is 12.6 Å². The van der Waals surface area contributed by atoms with Gasteiger partial charge in [-0.1, -0.05) is 12.1 Å². The van der Waals surface area contributed by atoms with Crippen LogP contribution in [0.3, 0.4) is 0 Å². The summed E-state index contributed by atoms with van der Waals surface area (Å²) in [6.07, 6.45) is 0. The van der Waals surface area contributed by atoms with Crippen molar-refractivity contribution < 1.29 is 9.13 Å². The summed E-state index contributed by atoms with van der Waals surface area (Å²) in [7, 11) is 1.91. The molecule has 0 bridgehead atoms. The minimum atomic E-state index is -0.202. The Kier molecular flexibility index (Phi) is 3.88. The van der Waals surface area contributed by atoms with Gasteiger partial charge >= 0.3 is 0 Å². The van der Waals surface area contributed by atoms with Crippen molar-refractivity contribution in [3.63, 3.8) is 0 Å². The first kappa shape index (κ1) is 11.5. The zero-order valence-electron chi connectivity index (χ0n) is 9.37. The summed E-state index contributed by atoms with van der Waals surface area (Å²) in [6.45, 7) is 2.31. The molecule has 0 amide bonds. The van der Waals surface area contributed by atoms with E-state index < -0.39 is 0 Å². The lowest BCUT2D eigenvalue weighted by molar-refractivity contribution is 0.0645. The average Bonchev–Trinajstić information content (AvgIpc) is 2.34. The predicted octanol–water partition coefficient (Wildman–Crippen LogP) is 1.07.